The molecule has 4 rings (SSSR count). The predicted molar refractivity (Wildman–Crippen MR) is 162 cm³/mol. The maximum absolute atomic E-state index is 13.5. The van der Waals surface area contributed by atoms with Crippen LogP contribution in [0.25, 0.3) is 0 Å². The van der Waals surface area contributed by atoms with E-state index in [0.29, 0.717) is 11.1 Å². The zero-order chi connectivity index (χ0) is 31.5. The summed E-state index contributed by atoms with van der Waals surface area (Å²) in [7, 11) is 0. The minimum absolute atomic E-state index is 0.0185. The third kappa shape index (κ3) is 9.13. The van der Waals surface area contributed by atoms with Gasteiger partial charge in [0.2, 0.25) is 23.6 Å². The first kappa shape index (κ1) is 31.7. The lowest BCUT2D eigenvalue weighted by atomic mass is 10.1. The van der Waals surface area contributed by atoms with Crippen LogP contribution in [0.4, 0.5) is 0 Å². The number of carbonyl (C=O) groups is 5. The average Bonchev–Trinajstić information content (AvgIpc) is 3.04. The minimum atomic E-state index is -1.26. The maximum Gasteiger partial charge on any atom is 0.253 e. The Bertz CT molecular complexity index is 1450. The van der Waals surface area contributed by atoms with Crippen molar-refractivity contribution in [3.63, 3.8) is 0 Å². The van der Waals surface area contributed by atoms with Gasteiger partial charge in [-0.3, -0.25) is 24.0 Å². The molecule has 0 saturated carbocycles. The highest BCUT2D eigenvalue weighted by atomic mass is 16.3. The van der Waals surface area contributed by atoms with Gasteiger partial charge in [-0.15, -0.1) is 0 Å². The highest BCUT2D eigenvalue weighted by Gasteiger charge is 2.30. The number of nitrogens with one attached hydrogen (secondary N) is 4. The molecule has 3 aromatic carbocycles. The summed E-state index contributed by atoms with van der Waals surface area (Å²) in [4.78, 5) is 67.3. The Morgan fingerprint density at radius 2 is 1.55 bits per heavy atom. The fraction of sp³-hybridized carbons (Fsp3) is 0.281. The molecule has 1 fully saturated rings. The summed E-state index contributed by atoms with van der Waals surface area (Å²) in [6.07, 6.45) is 0.348. The first-order valence-electron chi connectivity index (χ1n) is 14.3. The van der Waals surface area contributed by atoms with Gasteiger partial charge < -0.3 is 37.0 Å². The number of rotatable bonds is 7. The molecule has 1 saturated heterocycles. The molecule has 0 spiro atoms. The van der Waals surface area contributed by atoms with Crippen molar-refractivity contribution in [3.05, 3.63) is 102 Å². The number of carbonyl (C=O) groups excluding carboxylic acids is 5. The third-order valence-corrected chi connectivity index (χ3v) is 7.11. The molecule has 1 unspecified atom stereocenters. The molecular formula is C32H36N6O6. The van der Waals surface area contributed by atoms with Gasteiger partial charge in [-0.05, 0) is 41.8 Å². The van der Waals surface area contributed by atoms with E-state index in [1.54, 1.807) is 42.5 Å². The molecule has 0 bridgehead atoms. The van der Waals surface area contributed by atoms with E-state index in [1.807, 2.05) is 30.3 Å². The van der Waals surface area contributed by atoms with Crippen LogP contribution < -0.4 is 27.0 Å². The van der Waals surface area contributed by atoms with E-state index < -0.39 is 54.2 Å². The van der Waals surface area contributed by atoms with Gasteiger partial charge in [0, 0.05) is 25.1 Å². The van der Waals surface area contributed by atoms with Gasteiger partial charge in [0.25, 0.3) is 5.91 Å². The van der Waals surface area contributed by atoms with E-state index in [0.717, 1.165) is 5.56 Å². The highest BCUT2D eigenvalue weighted by molar-refractivity contribution is 5.96. The smallest absolute Gasteiger partial charge is 0.253 e. The Labute approximate surface area is 255 Å². The molecule has 0 radical (unpaired) electrons. The summed E-state index contributed by atoms with van der Waals surface area (Å²) >= 11 is 0. The molecular weight excluding hydrogens is 564 g/mol. The Morgan fingerprint density at radius 1 is 0.886 bits per heavy atom. The molecule has 12 nitrogen and oxygen atoms in total. The molecule has 1 aliphatic rings. The van der Waals surface area contributed by atoms with Crippen molar-refractivity contribution < 1.29 is 29.1 Å². The SMILES string of the molecule is N[C@@H](Cc1ccc(O)cc1)C(=O)NC1CN(C(=O)c2ccccc2)CCNC(=O)[C@H](Cc2ccccc2)NC(=O)CNC1=O. The molecule has 1 aliphatic heterocycles. The van der Waals surface area contributed by atoms with Crippen LogP contribution in [0, 0.1) is 0 Å². The van der Waals surface area contributed by atoms with Crippen molar-refractivity contribution in [2.24, 2.45) is 5.73 Å². The van der Waals surface area contributed by atoms with Crippen LogP contribution in [0.1, 0.15) is 21.5 Å². The molecule has 44 heavy (non-hydrogen) atoms. The van der Waals surface area contributed by atoms with Crippen molar-refractivity contribution in [3.8, 4) is 5.75 Å². The number of amides is 5. The molecule has 0 aromatic heterocycles. The standard InChI is InChI=1S/C32H36N6O6/c33-25(17-22-11-13-24(39)14-12-22)29(41)37-27-20-38(32(44)23-9-5-2-6-10-23)16-15-34-30(42)26(18-21-7-3-1-4-8-21)36-28(40)19-35-31(27)43/h1-14,25-27,39H,15-20,33H2,(H,34,42)(H,35,43)(H,36,40)(H,37,41)/t25-,26-,27?/m0/s1. The second kappa shape index (κ2) is 15.3. The lowest BCUT2D eigenvalue weighted by molar-refractivity contribution is -0.131. The highest BCUT2D eigenvalue weighted by Crippen LogP contribution is 2.12. The summed E-state index contributed by atoms with van der Waals surface area (Å²) in [5, 5.41) is 20.1. The number of phenolic OH excluding ortho intramolecular Hbond substituents is 1. The van der Waals surface area contributed by atoms with E-state index in [1.165, 1.54) is 17.0 Å². The molecule has 3 aromatic rings. The van der Waals surface area contributed by atoms with Gasteiger partial charge >= 0.3 is 0 Å². The van der Waals surface area contributed by atoms with Gasteiger partial charge in [-0.2, -0.15) is 0 Å². The molecule has 230 valence electrons. The van der Waals surface area contributed by atoms with Crippen LogP contribution in [0.5, 0.6) is 5.75 Å². The molecule has 0 aliphatic carbocycles. The molecule has 3 atom stereocenters. The monoisotopic (exact) mass is 600 g/mol. The largest absolute Gasteiger partial charge is 0.508 e. The van der Waals surface area contributed by atoms with Gasteiger partial charge in [0.05, 0.1) is 19.1 Å². The van der Waals surface area contributed by atoms with Crippen LogP contribution in [0.3, 0.4) is 0 Å². The van der Waals surface area contributed by atoms with Crippen LogP contribution in [0.15, 0.2) is 84.9 Å². The summed E-state index contributed by atoms with van der Waals surface area (Å²) in [5.74, 6) is -2.72. The quantitative estimate of drug-likeness (QED) is 0.218. The van der Waals surface area contributed by atoms with Crippen LogP contribution in [0.2, 0.25) is 0 Å². The lowest BCUT2D eigenvalue weighted by Gasteiger charge is -2.28. The minimum Gasteiger partial charge on any atom is -0.508 e. The number of nitrogens with zero attached hydrogens (tertiary/aromatic N) is 1. The van der Waals surface area contributed by atoms with Crippen molar-refractivity contribution in [2.45, 2.75) is 31.0 Å². The van der Waals surface area contributed by atoms with Crippen molar-refractivity contribution in [2.75, 3.05) is 26.2 Å². The zero-order valence-corrected chi connectivity index (χ0v) is 24.1. The molecule has 1 heterocycles. The second-order valence-corrected chi connectivity index (χ2v) is 10.5. The molecule has 12 heteroatoms. The maximum atomic E-state index is 13.5. The number of aromatic hydroxyl groups is 1. The summed E-state index contributed by atoms with van der Waals surface area (Å²) in [5.41, 5.74) is 8.03. The van der Waals surface area contributed by atoms with Gasteiger partial charge in [0.1, 0.15) is 17.8 Å². The first-order chi connectivity index (χ1) is 21.2. The lowest BCUT2D eigenvalue weighted by Crippen LogP contribution is -2.58. The number of benzene rings is 3. The first-order valence-corrected chi connectivity index (χ1v) is 14.3. The van der Waals surface area contributed by atoms with Crippen molar-refractivity contribution >= 4 is 29.5 Å². The Morgan fingerprint density at radius 3 is 2.23 bits per heavy atom. The van der Waals surface area contributed by atoms with E-state index in [-0.39, 0.29) is 38.2 Å². The van der Waals surface area contributed by atoms with E-state index in [4.69, 9.17) is 5.73 Å². The Balaban J connectivity index is 1.55. The summed E-state index contributed by atoms with van der Waals surface area (Å²) in [6, 6.07) is 20.6. The Kier molecular flexibility index (Phi) is 11.0. The van der Waals surface area contributed by atoms with Gasteiger partial charge in [0.15, 0.2) is 0 Å². The third-order valence-electron chi connectivity index (χ3n) is 7.11. The van der Waals surface area contributed by atoms with Crippen molar-refractivity contribution in [1.82, 2.24) is 26.2 Å². The number of hydrogen-bond donors (Lipinski definition) is 6. The molecule has 5 amide bonds. The van der Waals surface area contributed by atoms with Crippen LogP contribution in [-0.2, 0) is 32.0 Å². The average molecular weight is 601 g/mol. The number of phenols is 1. The number of hydrogen-bond acceptors (Lipinski definition) is 7. The van der Waals surface area contributed by atoms with Gasteiger partial charge in [-0.25, -0.2) is 0 Å². The zero-order valence-electron chi connectivity index (χ0n) is 24.1. The van der Waals surface area contributed by atoms with E-state index in [9.17, 15) is 29.1 Å². The van der Waals surface area contributed by atoms with Crippen LogP contribution in [-0.4, -0.2) is 83.8 Å². The fourth-order valence-electron chi connectivity index (χ4n) is 4.74. The number of nitrogens with two attached hydrogens (primary N) is 1. The topological polar surface area (TPSA) is 183 Å². The van der Waals surface area contributed by atoms with E-state index in [2.05, 4.69) is 21.3 Å². The molecule has 7 N–H and O–H groups in total. The van der Waals surface area contributed by atoms with Crippen LogP contribution >= 0.6 is 0 Å². The summed E-state index contributed by atoms with van der Waals surface area (Å²) in [6.45, 7) is -0.663. The normalized spacial score (nSPS) is 18.8. The van der Waals surface area contributed by atoms with Gasteiger partial charge in [-0.1, -0.05) is 60.7 Å². The Hall–Kier alpha value is -5.23. The fourth-order valence-corrected chi connectivity index (χ4v) is 4.74. The van der Waals surface area contributed by atoms with Crippen molar-refractivity contribution in [1.29, 1.82) is 0 Å². The second-order valence-electron chi connectivity index (χ2n) is 10.5. The summed E-state index contributed by atoms with van der Waals surface area (Å²) < 4.78 is 0. The predicted octanol–water partition coefficient (Wildman–Crippen LogP) is -0.137. The van der Waals surface area contributed by atoms with E-state index >= 15 is 0 Å².